The number of nitrogens with zero attached hydrogens (tertiary/aromatic N) is 1. The lowest BCUT2D eigenvalue weighted by Gasteiger charge is -2.32. The second-order valence-corrected chi connectivity index (χ2v) is 5.13. The van der Waals surface area contributed by atoms with Crippen molar-refractivity contribution < 1.29 is 9.90 Å². The number of halogens is 2. The molecule has 3 N–H and O–H groups in total. The predicted octanol–water partition coefficient (Wildman–Crippen LogP) is 2.67. The van der Waals surface area contributed by atoms with Crippen LogP contribution in [0.15, 0.2) is 12.1 Å². The zero-order valence-electron chi connectivity index (χ0n) is 9.70. The summed E-state index contributed by atoms with van der Waals surface area (Å²) in [5.74, 6) is -0.0468. The molecule has 1 atom stereocenters. The molecule has 0 radical (unpaired) electrons. The number of amides is 1. The Bertz CT molecular complexity index is 479. The number of piperidine rings is 1. The molecule has 0 bridgehead atoms. The molecule has 1 aromatic carbocycles. The Balaban J connectivity index is 2.30. The van der Waals surface area contributed by atoms with Crippen LogP contribution in [0.4, 0.5) is 0 Å². The Morgan fingerprint density at radius 2 is 1.94 bits per heavy atom. The lowest BCUT2D eigenvalue weighted by atomic mass is 10.1. The molecule has 1 unspecified atom stereocenters. The number of carbonyl (C=O) groups is 1. The molecule has 1 heterocycles. The van der Waals surface area contributed by atoms with E-state index in [1.54, 1.807) is 4.90 Å². The highest BCUT2D eigenvalue weighted by Crippen LogP contribution is 2.34. The zero-order valence-corrected chi connectivity index (χ0v) is 11.2. The van der Waals surface area contributed by atoms with Gasteiger partial charge in [0.05, 0.1) is 10.0 Å². The molecule has 18 heavy (non-hydrogen) atoms. The fourth-order valence-electron chi connectivity index (χ4n) is 2.08. The van der Waals surface area contributed by atoms with Crippen LogP contribution < -0.4 is 5.73 Å². The monoisotopic (exact) mass is 288 g/mol. The average molecular weight is 289 g/mol. The summed E-state index contributed by atoms with van der Waals surface area (Å²) in [6, 6.07) is 2.85. The molecule has 2 rings (SSSR count). The summed E-state index contributed by atoms with van der Waals surface area (Å²) in [6.07, 6.45) is 1.61. The molecule has 98 valence electrons. The first-order valence-corrected chi connectivity index (χ1v) is 6.49. The lowest BCUT2D eigenvalue weighted by molar-refractivity contribution is -0.135. The van der Waals surface area contributed by atoms with Gasteiger partial charge in [-0.3, -0.25) is 4.79 Å². The highest BCUT2D eigenvalue weighted by molar-refractivity contribution is 6.42. The van der Waals surface area contributed by atoms with Gasteiger partial charge in [0.1, 0.15) is 11.9 Å². The van der Waals surface area contributed by atoms with Crippen molar-refractivity contribution >= 4 is 29.1 Å². The van der Waals surface area contributed by atoms with Crippen molar-refractivity contribution in [2.24, 2.45) is 5.73 Å². The van der Waals surface area contributed by atoms with Crippen molar-refractivity contribution in [2.45, 2.75) is 25.4 Å². The van der Waals surface area contributed by atoms with Gasteiger partial charge in [-0.2, -0.15) is 0 Å². The average Bonchev–Trinajstić information content (AvgIpc) is 2.33. The summed E-state index contributed by atoms with van der Waals surface area (Å²) in [7, 11) is 0. The van der Waals surface area contributed by atoms with Crippen LogP contribution in [-0.4, -0.2) is 22.5 Å². The minimum Gasteiger partial charge on any atom is -0.507 e. The molecule has 4 nitrogen and oxygen atoms in total. The van der Waals surface area contributed by atoms with Crippen LogP contribution in [0.3, 0.4) is 0 Å². The second kappa shape index (κ2) is 5.34. The van der Waals surface area contributed by atoms with Gasteiger partial charge in [-0.25, -0.2) is 0 Å². The van der Waals surface area contributed by atoms with E-state index in [0.717, 1.165) is 12.8 Å². The van der Waals surface area contributed by atoms with Gasteiger partial charge in [-0.05, 0) is 18.9 Å². The van der Waals surface area contributed by atoms with Crippen molar-refractivity contribution in [2.75, 3.05) is 6.54 Å². The first-order chi connectivity index (χ1) is 8.50. The molecule has 6 heteroatoms. The van der Waals surface area contributed by atoms with Gasteiger partial charge in [0.15, 0.2) is 0 Å². The number of aromatic hydroxyl groups is 1. The summed E-state index contributed by atoms with van der Waals surface area (Å²) in [4.78, 5) is 13.3. The number of benzene rings is 1. The predicted molar refractivity (Wildman–Crippen MR) is 70.6 cm³/mol. The molecule has 1 fully saturated rings. The van der Waals surface area contributed by atoms with Crippen LogP contribution in [0.1, 0.15) is 31.0 Å². The Morgan fingerprint density at radius 1 is 1.28 bits per heavy atom. The number of carbonyl (C=O) groups excluding carboxylic acids is 1. The summed E-state index contributed by atoms with van der Waals surface area (Å²) in [5, 5.41) is 10.4. The number of nitrogens with two attached hydrogens (primary N) is 1. The molecule has 1 aromatic rings. The summed E-state index contributed by atoms with van der Waals surface area (Å²) < 4.78 is 0. The summed E-state index contributed by atoms with van der Waals surface area (Å²) in [5.41, 5.74) is 6.44. The molecule has 1 aliphatic heterocycles. The van der Waals surface area contributed by atoms with Crippen LogP contribution in [0.2, 0.25) is 10.0 Å². The third kappa shape index (κ3) is 2.55. The smallest absolute Gasteiger partial charge is 0.224 e. The van der Waals surface area contributed by atoms with Crippen LogP contribution in [0.25, 0.3) is 0 Å². The number of phenolic OH excluding ortho intramolecular Hbond substituents is 1. The normalized spacial score (nSPS) is 17.9. The standard InChI is InChI=1S/C12H14Cl2N2O2/c13-8-5-7(10(17)6-9(8)14)12(15)16-4-2-1-3-11(16)18/h5-6,12,17H,1-4,15H2. The van der Waals surface area contributed by atoms with Gasteiger partial charge < -0.3 is 15.7 Å². The lowest BCUT2D eigenvalue weighted by Crippen LogP contribution is -2.42. The fraction of sp³-hybridized carbons (Fsp3) is 0.417. The molecule has 0 spiro atoms. The van der Waals surface area contributed by atoms with Crippen molar-refractivity contribution in [1.82, 2.24) is 4.90 Å². The van der Waals surface area contributed by atoms with Crippen LogP contribution in [0.5, 0.6) is 5.75 Å². The van der Waals surface area contributed by atoms with Gasteiger partial charge in [-0.15, -0.1) is 0 Å². The summed E-state index contributed by atoms with van der Waals surface area (Å²) in [6.45, 7) is 0.597. The molecule has 0 aliphatic carbocycles. The van der Waals surface area contributed by atoms with E-state index >= 15 is 0 Å². The number of hydrogen-bond donors (Lipinski definition) is 2. The number of likely N-dealkylation sites (tertiary alicyclic amines) is 1. The molecule has 0 aromatic heterocycles. The van der Waals surface area contributed by atoms with Crippen molar-refractivity contribution in [3.63, 3.8) is 0 Å². The van der Waals surface area contributed by atoms with Crippen molar-refractivity contribution in [3.05, 3.63) is 27.7 Å². The van der Waals surface area contributed by atoms with E-state index in [0.29, 0.717) is 23.6 Å². The van der Waals surface area contributed by atoms with Crippen LogP contribution in [-0.2, 0) is 4.79 Å². The van der Waals surface area contributed by atoms with E-state index in [-0.39, 0.29) is 16.7 Å². The van der Waals surface area contributed by atoms with Crippen LogP contribution >= 0.6 is 23.2 Å². The molecular weight excluding hydrogens is 275 g/mol. The van der Waals surface area contributed by atoms with Crippen LogP contribution in [0, 0.1) is 0 Å². The third-order valence-electron chi connectivity index (χ3n) is 3.08. The largest absolute Gasteiger partial charge is 0.507 e. The van der Waals surface area contributed by atoms with Gasteiger partial charge in [-0.1, -0.05) is 23.2 Å². The quantitative estimate of drug-likeness (QED) is 0.879. The van der Waals surface area contributed by atoms with Gasteiger partial charge in [0.2, 0.25) is 5.91 Å². The van der Waals surface area contributed by atoms with Gasteiger partial charge in [0.25, 0.3) is 0 Å². The maximum atomic E-state index is 11.8. The van der Waals surface area contributed by atoms with Gasteiger partial charge in [0, 0.05) is 24.6 Å². The molecule has 0 saturated carbocycles. The maximum absolute atomic E-state index is 11.8. The number of rotatable bonds is 2. The second-order valence-electron chi connectivity index (χ2n) is 4.31. The molecule has 1 saturated heterocycles. The SMILES string of the molecule is NC(c1cc(Cl)c(Cl)cc1O)N1CCCCC1=O. The highest BCUT2D eigenvalue weighted by Gasteiger charge is 2.26. The fourth-order valence-corrected chi connectivity index (χ4v) is 2.41. The Hall–Kier alpha value is -0.970. The van der Waals surface area contributed by atoms with E-state index in [1.807, 2.05) is 0 Å². The number of phenols is 1. The highest BCUT2D eigenvalue weighted by atomic mass is 35.5. The van der Waals surface area contributed by atoms with Gasteiger partial charge >= 0.3 is 0 Å². The van der Waals surface area contributed by atoms with E-state index in [1.165, 1.54) is 12.1 Å². The maximum Gasteiger partial charge on any atom is 0.224 e. The summed E-state index contributed by atoms with van der Waals surface area (Å²) >= 11 is 11.7. The minimum absolute atomic E-state index is 0.000720. The first kappa shape index (κ1) is 13.5. The minimum atomic E-state index is -0.687. The Kier molecular flexibility index (Phi) is 4.00. The Morgan fingerprint density at radius 3 is 2.61 bits per heavy atom. The van der Waals surface area contributed by atoms with Crippen molar-refractivity contribution in [1.29, 1.82) is 0 Å². The number of hydrogen-bond acceptors (Lipinski definition) is 3. The van der Waals surface area contributed by atoms with E-state index in [2.05, 4.69) is 0 Å². The van der Waals surface area contributed by atoms with Crippen molar-refractivity contribution in [3.8, 4) is 5.75 Å². The molecule has 1 amide bonds. The topological polar surface area (TPSA) is 66.6 Å². The Labute approximate surface area is 115 Å². The molecule has 1 aliphatic rings. The first-order valence-electron chi connectivity index (χ1n) is 5.73. The third-order valence-corrected chi connectivity index (χ3v) is 3.81. The van der Waals surface area contributed by atoms with E-state index < -0.39 is 6.17 Å². The molecular formula is C12H14Cl2N2O2. The zero-order chi connectivity index (χ0) is 13.3. The van der Waals surface area contributed by atoms with E-state index in [4.69, 9.17) is 28.9 Å². The van der Waals surface area contributed by atoms with E-state index in [9.17, 15) is 9.90 Å².